The summed E-state index contributed by atoms with van der Waals surface area (Å²) >= 11 is 18.5. The van der Waals surface area contributed by atoms with Crippen molar-refractivity contribution in [3.05, 3.63) is 76.3 Å². The second kappa shape index (κ2) is 11.4. The van der Waals surface area contributed by atoms with Crippen LogP contribution in [0.5, 0.6) is 11.5 Å². The standard InChI is InChI=1S/C24H27Cl3N2O4/c1-24(2,16-3-5-22(20(26)9-16)32-13-18(30)11-25)17-4-6-23(21(27)10-17)33-14-19(31)12-29-8-7-28-15-29/h3-10,15,18-19,30-31H,11-14H2,1-2H3/t18-,19+/m1/s1. The molecule has 0 aliphatic heterocycles. The second-order valence-electron chi connectivity index (χ2n) is 8.26. The van der Waals surface area contributed by atoms with Gasteiger partial charge in [0.1, 0.15) is 36.9 Å². The van der Waals surface area contributed by atoms with Crippen LogP contribution in [0.15, 0.2) is 55.1 Å². The molecule has 9 heteroatoms. The van der Waals surface area contributed by atoms with E-state index in [1.807, 2.05) is 24.3 Å². The number of aliphatic hydroxyl groups is 2. The Morgan fingerprint density at radius 1 is 0.939 bits per heavy atom. The highest BCUT2D eigenvalue weighted by atomic mass is 35.5. The normalized spacial score (nSPS) is 13.5. The molecule has 0 aliphatic rings. The van der Waals surface area contributed by atoms with Gasteiger partial charge in [-0.25, -0.2) is 4.98 Å². The zero-order valence-electron chi connectivity index (χ0n) is 18.4. The average molecular weight is 514 g/mol. The van der Waals surface area contributed by atoms with E-state index in [0.29, 0.717) is 28.1 Å². The van der Waals surface area contributed by atoms with E-state index in [9.17, 15) is 10.2 Å². The summed E-state index contributed by atoms with van der Waals surface area (Å²) in [6.45, 7) is 4.69. The van der Waals surface area contributed by atoms with E-state index in [2.05, 4.69) is 18.8 Å². The minimum atomic E-state index is -0.756. The van der Waals surface area contributed by atoms with Gasteiger partial charge in [0.25, 0.3) is 0 Å². The third-order valence-electron chi connectivity index (χ3n) is 5.33. The lowest BCUT2D eigenvalue weighted by Crippen LogP contribution is -2.23. The Bertz CT molecular complexity index is 1040. The Hall–Kier alpha value is -1.96. The number of halogens is 3. The first kappa shape index (κ1) is 25.7. The van der Waals surface area contributed by atoms with Crippen LogP contribution in [-0.4, -0.2) is 51.1 Å². The molecule has 0 bridgehead atoms. The maximum Gasteiger partial charge on any atom is 0.138 e. The summed E-state index contributed by atoms with van der Waals surface area (Å²) in [6.07, 6.45) is 3.63. The minimum Gasteiger partial charge on any atom is -0.489 e. The lowest BCUT2D eigenvalue weighted by atomic mass is 9.78. The first-order chi connectivity index (χ1) is 15.7. The number of aliphatic hydroxyl groups excluding tert-OH is 2. The van der Waals surface area contributed by atoms with Crippen molar-refractivity contribution in [2.24, 2.45) is 0 Å². The van der Waals surface area contributed by atoms with Crippen molar-refractivity contribution in [3.63, 3.8) is 0 Å². The predicted octanol–water partition coefficient (Wildman–Crippen LogP) is 4.93. The molecule has 1 aromatic heterocycles. The van der Waals surface area contributed by atoms with Crippen molar-refractivity contribution in [2.45, 2.75) is 38.0 Å². The van der Waals surface area contributed by atoms with Gasteiger partial charge in [-0.2, -0.15) is 0 Å². The number of aromatic nitrogens is 2. The highest BCUT2D eigenvalue weighted by molar-refractivity contribution is 6.32. The third kappa shape index (κ3) is 6.78. The number of nitrogens with zero attached hydrogens (tertiary/aromatic N) is 2. The molecule has 2 atom stereocenters. The Kier molecular flexibility index (Phi) is 8.90. The minimum absolute atomic E-state index is 0.0695. The van der Waals surface area contributed by atoms with Gasteiger partial charge in [-0.3, -0.25) is 0 Å². The van der Waals surface area contributed by atoms with Crippen LogP contribution in [0, 0.1) is 0 Å². The van der Waals surface area contributed by atoms with Gasteiger partial charge in [0.2, 0.25) is 0 Å². The molecule has 178 valence electrons. The number of alkyl halides is 1. The van der Waals surface area contributed by atoms with Crippen LogP contribution < -0.4 is 9.47 Å². The largest absolute Gasteiger partial charge is 0.489 e. The van der Waals surface area contributed by atoms with Crippen molar-refractivity contribution >= 4 is 34.8 Å². The van der Waals surface area contributed by atoms with Gasteiger partial charge in [0, 0.05) is 17.8 Å². The van der Waals surface area contributed by atoms with E-state index in [1.54, 1.807) is 35.4 Å². The maximum atomic E-state index is 10.2. The maximum absolute atomic E-state index is 10.2. The van der Waals surface area contributed by atoms with E-state index in [4.69, 9.17) is 44.3 Å². The third-order valence-corrected chi connectivity index (χ3v) is 6.28. The number of rotatable bonds is 11. The summed E-state index contributed by atoms with van der Waals surface area (Å²) in [5.41, 5.74) is 1.54. The summed E-state index contributed by atoms with van der Waals surface area (Å²) in [4.78, 5) is 3.95. The molecule has 0 saturated carbocycles. The van der Waals surface area contributed by atoms with E-state index >= 15 is 0 Å². The molecule has 2 N–H and O–H groups in total. The van der Waals surface area contributed by atoms with Crippen molar-refractivity contribution in [2.75, 3.05) is 19.1 Å². The van der Waals surface area contributed by atoms with Crippen LogP contribution in [0.2, 0.25) is 10.0 Å². The van der Waals surface area contributed by atoms with Gasteiger partial charge in [-0.05, 0) is 35.4 Å². The molecule has 0 radical (unpaired) electrons. The summed E-state index contributed by atoms with van der Waals surface area (Å²) in [7, 11) is 0. The molecular weight excluding hydrogens is 487 g/mol. The fourth-order valence-corrected chi connectivity index (χ4v) is 3.85. The average Bonchev–Trinajstić information content (AvgIpc) is 3.30. The molecule has 0 aliphatic carbocycles. The molecule has 3 rings (SSSR count). The summed E-state index contributed by atoms with van der Waals surface area (Å²) < 4.78 is 13.1. The molecule has 1 heterocycles. The van der Waals surface area contributed by atoms with E-state index in [0.717, 1.165) is 11.1 Å². The first-order valence-corrected chi connectivity index (χ1v) is 11.7. The molecule has 33 heavy (non-hydrogen) atoms. The molecule has 3 aromatic rings. The van der Waals surface area contributed by atoms with Gasteiger partial charge < -0.3 is 24.3 Å². The van der Waals surface area contributed by atoms with Gasteiger partial charge >= 0.3 is 0 Å². The van der Waals surface area contributed by atoms with Crippen molar-refractivity contribution in [3.8, 4) is 11.5 Å². The van der Waals surface area contributed by atoms with Crippen LogP contribution in [-0.2, 0) is 12.0 Å². The van der Waals surface area contributed by atoms with Crippen LogP contribution in [0.4, 0.5) is 0 Å². The molecule has 2 aromatic carbocycles. The number of ether oxygens (including phenoxy) is 2. The van der Waals surface area contributed by atoms with Gasteiger partial charge in [-0.15, -0.1) is 11.6 Å². The van der Waals surface area contributed by atoms with Gasteiger partial charge in [0.15, 0.2) is 0 Å². The van der Waals surface area contributed by atoms with Crippen LogP contribution in [0.25, 0.3) is 0 Å². The highest BCUT2D eigenvalue weighted by Crippen LogP contribution is 2.38. The molecule has 0 fully saturated rings. The van der Waals surface area contributed by atoms with Gasteiger partial charge in [-0.1, -0.05) is 49.2 Å². The number of benzene rings is 2. The summed E-state index contributed by atoms with van der Waals surface area (Å²) in [6, 6.07) is 11.2. The van der Waals surface area contributed by atoms with Crippen LogP contribution >= 0.6 is 34.8 Å². The predicted molar refractivity (Wildman–Crippen MR) is 131 cm³/mol. The Morgan fingerprint density at radius 3 is 1.94 bits per heavy atom. The van der Waals surface area contributed by atoms with E-state index in [1.165, 1.54) is 0 Å². The molecule has 0 amide bonds. The SMILES string of the molecule is CC(C)(c1ccc(OC[C@H](O)CCl)c(Cl)c1)c1ccc(OC[C@@H](O)Cn2ccnc2)c(Cl)c1. The molecule has 0 unspecified atom stereocenters. The van der Waals surface area contributed by atoms with Crippen molar-refractivity contribution in [1.29, 1.82) is 0 Å². The van der Waals surface area contributed by atoms with Crippen LogP contribution in [0.3, 0.4) is 0 Å². The number of imidazole rings is 1. The smallest absolute Gasteiger partial charge is 0.138 e. The lowest BCUT2D eigenvalue weighted by molar-refractivity contribution is 0.0925. The lowest BCUT2D eigenvalue weighted by Gasteiger charge is -2.27. The Labute approximate surface area is 208 Å². The van der Waals surface area contributed by atoms with Crippen molar-refractivity contribution < 1.29 is 19.7 Å². The number of hydrogen-bond donors (Lipinski definition) is 2. The van der Waals surface area contributed by atoms with Crippen LogP contribution in [0.1, 0.15) is 25.0 Å². The fraction of sp³-hybridized carbons (Fsp3) is 0.375. The molecule has 0 spiro atoms. The van der Waals surface area contributed by atoms with E-state index in [-0.39, 0.29) is 19.1 Å². The molecular formula is C24H27Cl3N2O4. The van der Waals surface area contributed by atoms with Crippen molar-refractivity contribution in [1.82, 2.24) is 9.55 Å². The Morgan fingerprint density at radius 2 is 1.48 bits per heavy atom. The topological polar surface area (TPSA) is 76.7 Å². The first-order valence-electron chi connectivity index (χ1n) is 10.4. The molecule has 6 nitrogen and oxygen atoms in total. The van der Waals surface area contributed by atoms with Gasteiger partial charge in [0.05, 0.1) is 28.8 Å². The second-order valence-corrected chi connectivity index (χ2v) is 9.38. The quantitative estimate of drug-likeness (QED) is 0.355. The summed E-state index contributed by atoms with van der Waals surface area (Å²) in [5.74, 6) is 1.07. The highest BCUT2D eigenvalue weighted by Gasteiger charge is 2.25. The zero-order valence-corrected chi connectivity index (χ0v) is 20.7. The van der Waals surface area contributed by atoms with E-state index < -0.39 is 17.6 Å². The number of hydrogen-bond acceptors (Lipinski definition) is 5. The Balaban J connectivity index is 1.68. The monoisotopic (exact) mass is 512 g/mol. The zero-order chi connectivity index (χ0) is 24.0. The fourth-order valence-electron chi connectivity index (χ4n) is 3.29. The molecule has 0 saturated heterocycles. The summed E-state index contributed by atoms with van der Waals surface area (Å²) in [5, 5.41) is 20.7.